The first-order valence-corrected chi connectivity index (χ1v) is 8.70. The number of benzene rings is 2. The van der Waals surface area contributed by atoms with Crippen LogP contribution in [0.2, 0.25) is 0 Å². The van der Waals surface area contributed by atoms with Crippen LogP contribution in [0.5, 0.6) is 0 Å². The Hall–Kier alpha value is -1.64. The van der Waals surface area contributed by atoms with Gasteiger partial charge >= 0.3 is 0 Å². The zero-order valence-corrected chi connectivity index (χ0v) is 14.2. The first-order valence-electron chi connectivity index (χ1n) is 8.70. The number of fused-ring (bicyclic) bond motifs is 2. The largest absolute Gasteiger partial charge is 0.293 e. The fourth-order valence-electron chi connectivity index (χ4n) is 4.55. The Balaban J connectivity index is 1.48. The molecule has 2 aromatic rings. The maximum absolute atomic E-state index is 2.70. The second-order valence-electron chi connectivity index (χ2n) is 7.68. The lowest BCUT2D eigenvalue weighted by molar-refractivity contribution is 0.118. The van der Waals surface area contributed by atoms with E-state index < -0.39 is 0 Å². The minimum atomic E-state index is 0.379. The van der Waals surface area contributed by atoms with Gasteiger partial charge in [-0.3, -0.25) is 9.80 Å². The second-order valence-corrected chi connectivity index (χ2v) is 7.68. The van der Waals surface area contributed by atoms with Gasteiger partial charge in [0.1, 0.15) is 0 Å². The summed E-state index contributed by atoms with van der Waals surface area (Å²) >= 11 is 0. The molecule has 23 heavy (non-hydrogen) atoms. The predicted octanol–water partition coefficient (Wildman–Crippen LogP) is 3.78. The third-order valence-corrected chi connectivity index (χ3v) is 5.87. The maximum atomic E-state index is 2.70. The van der Waals surface area contributed by atoms with Gasteiger partial charge in [0.2, 0.25) is 0 Å². The summed E-state index contributed by atoms with van der Waals surface area (Å²) in [5.41, 5.74) is 3.25. The van der Waals surface area contributed by atoms with Crippen molar-refractivity contribution in [2.45, 2.75) is 39.0 Å². The van der Waals surface area contributed by atoms with E-state index in [1.54, 1.807) is 0 Å². The Morgan fingerprint density at radius 3 is 1.48 bits per heavy atom. The molecule has 0 saturated carbocycles. The summed E-state index contributed by atoms with van der Waals surface area (Å²) in [6.45, 7) is 9.48. The van der Waals surface area contributed by atoms with Crippen LogP contribution in [0.15, 0.2) is 60.7 Å². The highest BCUT2D eigenvalue weighted by Gasteiger charge is 2.55. The first kappa shape index (κ1) is 14.9. The third-order valence-electron chi connectivity index (χ3n) is 5.87. The molecule has 2 saturated heterocycles. The van der Waals surface area contributed by atoms with E-state index in [1.165, 1.54) is 24.2 Å². The molecular weight excluding hydrogens is 280 g/mol. The molecule has 2 aliphatic rings. The van der Waals surface area contributed by atoms with Crippen molar-refractivity contribution < 1.29 is 0 Å². The van der Waals surface area contributed by atoms with Gasteiger partial charge in [0.15, 0.2) is 0 Å². The van der Waals surface area contributed by atoms with Crippen molar-refractivity contribution in [2.75, 3.05) is 13.1 Å². The number of rotatable bonds is 4. The molecule has 120 valence electrons. The molecule has 2 atom stereocenters. The van der Waals surface area contributed by atoms with Crippen molar-refractivity contribution >= 4 is 0 Å². The van der Waals surface area contributed by atoms with Crippen LogP contribution in [0.25, 0.3) is 0 Å². The summed E-state index contributed by atoms with van der Waals surface area (Å²) in [6, 6.07) is 23.1. The van der Waals surface area contributed by atoms with Crippen LogP contribution in [0.4, 0.5) is 0 Å². The van der Waals surface area contributed by atoms with Gasteiger partial charge in [-0.2, -0.15) is 0 Å². The van der Waals surface area contributed by atoms with Crippen LogP contribution in [-0.4, -0.2) is 35.0 Å². The molecule has 2 aromatic carbocycles. The Bertz CT molecular complexity index is 593. The molecule has 0 aliphatic carbocycles. The molecule has 2 heterocycles. The fourth-order valence-corrected chi connectivity index (χ4v) is 4.55. The second kappa shape index (κ2) is 5.77. The summed E-state index contributed by atoms with van der Waals surface area (Å²) in [7, 11) is 0. The molecule has 4 rings (SSSR count). The van der Waals surface area contributed by atoms with E-state index in [-0.39, 0.29) is 0 Å². The van der Waals surface area contributed by atoms with Crippen LogP contribution in [0, 0.1) is 5.41 Å². The number of piperazine rings is 1. The minimum Gasteiger partial charge on any atom is -0.293 e. The van der Waals surface area contributed by atoms with Gasteiger partial charge in [0, 0.05) is 38.3 Å². The Kier molecular flexibility index (Phi) is 3.74. The molecule has 0 amide bonds. The lowest BCUT2D eigenvalue weighted by atomic mass is 9.85. The molecule has 2 nitrogen and oxygen atoms in total. The summed E-state index contributed by atoms with van der Waals surface area (Å²) in [6.07, 6.45) is 0. The molecule has 0 radical (unpaired) electrons. The van der Waals surface area contributed by atoms with E-state index in [0.29, 0.717) is 17.5 Å². The van der Waals surface area contributed by atoms with Crippen molar-refractivity contribution in [3.8, 4) is 0 Å². The van der Waals surface area contributed by atoms with Crippen molar-refractivity contribution in [3.05, 3.63) is 71.8 Å². The highest BCUT2D eigenvalue weighted by Crippen LogP contribution is 2.46. The fraction of sp³-hybridized carbons (Fsp3) is 0.429. The standard InChI is InChI=1S/C21H26N2/c1-21(2)19-16-23(14-18-11-7-4-8-12-18)20(21)15-22(19)13-17-9-5-3-6-10-17/h3-12,19-20H,13-16H2,1-2H3. The van der Waals surface area contributed by atoms with Gasteiger partial charge in [0.25, 0.3) is 0 Å². The summed E-state index contributed by atoms with van der Waals surface area (Å²) in [5, 5.41) is 0. The summed E-state index contributed by atoms with van der Waals surface area (Å²) < 4.78 is 0. The topological polar surface area (TPSA) is 6.48 Å². The van der Waals surface area contributed by atoms with Crippen molar-refractivity contribution in [2.24, 2.45) is 5.41 Å². The molecule has 2 bridgehead atoms. The Morgan fingerprint density at radius 1 is 0.739 bits per heavy atom. The number of nitrogens with zero attached hydrogens (tertiary/aromatic N) is 2. The zero-order valence-electron chi connectivity index (χ0n) is 14.2. The van der Waals surface area contributed by atoms with Gasteiger partial charge in [-0.05, 0) is 16.5 Å². The number of hydrogen-bond donors (Lipinski definition) is 0. The van der Waals surface area contributed by atoms with Gasteiger partial charge in [0.05, 0.1) is 0 Å². The van der Waals surface area contributed by atoms with Gasteiger partial charge in [-0.15, -0.1) is 0 Å². The zero-order chi connectivity index (χ0) is 15.9. The first-order chi connectivity index (χ1) is 11.1. The maximum Gasteiger partial charge on any atom is 0.0294 e. The van der Waals surface area contributed by atoms with Crippen molar-refractivity contribution in [1.82, 2.24) is 9.80 Å². The molecule has 0 N–H and O–H groups in total. The van der Waals surface area contributed by atoms with E-state index in [1.807, 2.05) is 0 Å². The lowest BCUT2D eigenvalue weighted by Crippen LogP contribution is -2.45. The Labute approximate surface area is 139 Å². The van der Waals surface area contributed by atoms with E-state index in [4.69, 9.17) is 0 Å². The molecule has 0 aromatic heterocycles. The molecule has 2 fully saturated rings. The summed E-state index contributed by atoms with van der Waals surface area (Å²) in [5.74, 6) is 0. The van der Waals surface area contributed by atoms with E-state index in [9.17, 15) is 0 Å². The SMILES string of the molecule is CC1(C)C2CN(Cc3ccccc3)C1CN2Cc1ccccc1. The van der Waals surface area contributed by atoms with Crippen LogP contribution in [0.3, 0.4) is 0 Å². The van der Waals surface area contributed by atoms with Crippen LogP contribution in [-0.2, 0) is 13.1 Å². The van der Waals surface area contributed by atoms with Gasteiger partial charge in [-0.1, -0.05) is 74.5 Å². The highest BCUT2D eigenvalue weighted by molar-refractivity contribution is 5.20. The average Bonchev–Trinajstić information content (AvgIpc) is 2.94. The van der Waals surface area contributed by atoms with E-state index >= 15 is 0 Å². The van der Waals surface area contributed by atoms with Gasteiger partial charge in [-0.25, -0.2) is 0 Å². The van der Waals surface area contributed by atoms with Crippen LogP contribution < -0.4 is 0 Å². The van der Waals surface area contributed by atoms with Crippen molar-refractivity contribution in [1.29, 1.82) is 0 Å². The monoisotopic (exact) mass is 306 g/mol. The van der Waals surface area contributed by atoms with Crippen molar-refractivity contribution in [3.63, 3.8) is 0 Å². The molecule has 2 heteroatoms. The number of likely N-dealkylation sites (tertiary alicyclic amines) is 2. The van der Waals surface area contributed by atoms with Gasteiger partial charge < -0.3 is 0 Å². The molecular formula is C21H26N2. The normalized spacial score (nSPS) is 26.7. The lowest BCUT2D eigenvalue weighted by Gasteiger charge is -2.34. The molecule has 2 aliphatic heterocycles. The van der Waals surface area contributed by atoms with Crippen LogP contribution >= 0.6 is 0 Å². The minimum absolute atomic E-state index is 0.379. The molecule has 0 spiro atoms. The number of hydrogen-bond acceptors (Lipinski definition) is 2. The molecule has 2 unspecified atom stereocenters. The highest BCUT2D eigenvalue weighted by atomic mass is 15.4. The Morgan fingerprint density at radius 2 is 1.13 bits per heavy atom. The third kappa shape index (κ3) is 2.71. The summed E-state index contributed by atoms with van der Waals surface area (Å²) in [4.78, 5) is 5.39. The smallest absolute Gasteiger partial charge is 0.0294 e. The van der Waals surface area contributed by atoms with Crippen LogP contribution in [0.1, 0.15) is 25.0 Å². The predicted molar refractivity (Wildman–Crippen MR) is 95.1 cm³/mol. The van der Waals surface area contributed by atoms with E-state index in [0.717, 1.165) is 13.1 Å². The van der Waals surface area contributed by atoms with E-state index in [2.05, 4.69) is 84.3 Å². The average molecular weight is 306 g/mol. The quantitative estimate of drug-likeness (QED) is 0.848.